The van der Waals surface area contributed by atoms with Gasteiger partial charge in [-0.05, 0) is 24.5 Å². The third-order valence-corrected chi connectivity index (χ3v) is 6.74. The monoisotopic (exact) mass is 472 g/mol. The summed E-state index contributed by atoms with van der Waals surface area (Å²) in [6, 6.07) is 16.6. The lowest BCUT2D eigenvalue weighted by molar-refractivity contribution is -0.129. The highest BCUT2D eigenvalue weighted by atomic mass is 32.2. The quantitative estimate of drug-likeness (QED) is 0.474. The summed E-state index contributed by atoms with van der Waals surface area (Å²) in [5.41, 5.74) is 2.82. The predicted molar refractivity (Wildman–Crippen MR) is 128 cm³/mol. The van der Waals surface area contributed by atoms with E-state index >= 15 is 0 Å². The molecule has 0 saturated carbocycles. The highest BCUT2D eigenvalue weighted by Gasteiger charge is 2.27. The van der Waals surface area contributed by atoms with E-state index in [2.05, 4.69) is 5.32 Å². The molecule has 2 N–H and O–H groups in total. The molecule has 2 aromatic carbocycles. The summed E-state index contributed by atoms with van der Waals surface area (Å²) in [6.07, 6.45) is 0.509. The van der Waals surface area contributed by atoms with Gasteiger partial charge in [-0.15, -0.1) is 11.3 Å². The number of carbonyl (C=O) groups is 1. The molecule has 0 spiro atoms. The molecule has 3 rings (SSSR count). The Kier molecular flexibility index (Phi) is 7.17. The van der Waals surface area contributed by atoms with Gasteiger partial charge >= 0.3 is 0 Å². The first-order valence-corrected chi connectivity index (χ1v) is 12.7. The molecule has 8 heteroatoms. The number of hydrogen-bond donors (Lipinski definition) is 2. The molecule has 0 aliphatic rings. The topological polar surface area (TPSA) is 96.4 Å². The summed E-state index contributed by atoms with van der Waals surface area (Å²) in [7, 11) is -4.08. The fourth-order valence-corrected chi connectivity index (χ4v) is 4.83. The Morgan fingerprint density at radius 3 is 2.22 bits per heavy atom. The van der Waals surface area contributed by atoms with Crippen molar-refractivity contribution in [2.75, 3.05) is 0 Å². The van der Waals surface area contributed by atoms with Gasteiger partial charge in [-0.25, -0.2) is 4.98 Å². The molecule has 1 aromatic heterocycles. The van der Waals surface area contributed by atoms with Crippen LogP contribution in [0, 0.1) is 12.3 Å². The zero-order chi connectivity index (χ0) is 23.5. The first-order valence-electron chi connectivity index (χ1n) is 10.3. The average Bonchev–Trinajstić information content (AvgIpc) is 3.09. The summed E-state index contributed by atoms with van der Waals surface area (Å²) in [5, 5.41) is 3.96. The number of aromatic nitrogens is 1. The van der Waals surface area contributed by atoms with Crippen LogP contribution >= 0.6 is 11.3 Å². The Bertz CT molecular complexity index is 1180. The van der Waals surface area contributed by atoms with Gasteiger partial charge in [0.25, 0.3) is 10.1 Å². The van der Waals surface area contributed by atoms with Crippen molar-refractivity contribution in [2.45, 2.75) is 45.9 Å². The van der Waals surface area contributed by atoms with Crippen molar-refractivity contribution in [3.05, 3.63) is 75.6 Å². The molecule has 1 amide bonds. The van der Waals surface area contributed by atoms with Gasteiger partial charge in [-0.3, -0.25) is 9.35 Å². The van der Waals surface area contributed by atoms with E-state index in [0.717, 1.165) is 26.7 Å². The second-order valence-electron chi connectivity index (χ2n) is 8.85. The van der Waals surface area contributed by atoms with E-state index < -0.39 is 21.3 Å². The van der Waals surface area contributed by atoms with Crippen LogP contribution in [0.4, 0.5) is 0 Å². The van der Waals surface area contributed by atoms with Gasteiger partial charge in [-0.1, -0.05) is 75.4 Å². The molecule has 6 nitrogen and oxygen atoms in total. The summed E-state index contributed by atoms with van der Waals surface area (Å²) >= 11 is 1.56. The Labute approximate surface area is 193 Å². The van der Waals surface area contributed by atoms with Gasteiger partial charge in [0.2, 0.25) is 5.91 Å². The maximum absolute atomic E-state index is 12.8. The second-order valence-corrected chi connectivity index (χ2v) is 11.5. The molecule has 1 heterocycles. The van der Waals surface area contributed by atoms with E-state index in [-0.39, 0.29) is 11.9 Å². The predicted octanol–water partition coefficient (Wildman–Crippen LogP) is 4.95. The molecular formula is C24H28N2O4S2. The molecule has 1 atom stereocenters. The molecule has 32 heavy (non-hydrogen) atoms. The van der Waals surface area contributed by atoms with Crippen LogP contribution in [0.1, 0.15) is 47.8 Å². The zero-order valence-corrected chi connectivity index (χ0v) is 20.3. The molecule has 0 aliphatic carbocycles. The first kappa shape index (κ1) is 24.1. The summed E-state index contributed by atoms with van der Waals surface area (Å²) < 4.78 is 31.3. The second kappa shape index (κ2) is 9.52. The van der Waals surface area contributed by atoms with Gasteiger partial charge in [0.1, 0.15) is 10.8 Å². The van der Waals surface area contributed by atoms with Crippen molar-refractivity contribution in [3.8, 4) is 11.3 Å². The van der Waals surface area contributed by atoms with Crippen LogP contribution in [0.3, 0.4) is 0 Å². The van der Waals surface area contributed by atoms with Crippen LogP contribution in [-0.4, -0.2) is 23.9 Å². The summed E-state index contributed by atoms with van der Waals surface area (Å²) in [6.45, 7) is 7.63. The van der Waals surface area contributed by atoms with Crippen LogP contribution in [0.5, 0.6) is 0 Å². The maximum Gasteiger partial charge on any atom is 0.269 e. The molecule has 3 aromatic rings. The van der Waals surface area contributed by atoms with Crippen molar-refractivity contribution in [3.63, 3.8) is 0 Å². The molecule has 0 fully saturated rings. The molecule has 0 saturated heterocycles. The Balaban J connectivity index is 1.90. The number of hydrogen-bond acceptors (Lipinski definition) is 5. The zero-order valence-electron chi connectivity index (χ0n) is 18.6. The SMILES string of the molecule is Cc1sc([C@H](Cc2ccc(CS(=O)(=O)O)cc2)NC(=O)C(C)(C)C)nc1-c1ccccc1. The normalized spacial score (nSPS) is 13.0. The molecule has 0 aliphatic heterocycles. The summed E-state index contributed by atoms with van der Waals surface area (Å²) in [5.74, 6) is -0.497. The number of rotatable bonds is 7. The minimum Gasteiger partial charge on any atom is -0.346 e. The highest BCUT2D eigenvalue weighted by Crippen LogP contribution is 2.32. The number of nitrogens with zero attached hydrogens (tertiary/aromatic N) is 1. The number of thiazole rings is 1. The van der Waals surface area contributed by atoms with Crippen molar-refractivity contribution < 1.29 is 17.8 Å². The number of amides is 1. The minimum absolute atomic E-state index is 0.0698. The minimum atomic E-state index is -4.08. The highest BCUT2D eigenvalue weighted by molar-refractivity contribution is 7.85. The lowest BCUT2D eigenvalue weighted by Crippen LogP contribution is -2.38. The Morgan fingerprint density at radius 1 is 1.06 bits per heavy atom. The van der Waals surface area contributed by atoms with Crippen LogP contribution in [-0.2, 0) is 27.1 Å². The van der Waals surface area contributed by atoms with E-state index in [1.54, 1.807) is 23.5 Å². The first-order chi connectivity index (χ1) is 14.9. The number of nitrogens with one attached hydrogen (secondary N) is 1. The fourth-order valence-electron chi connectivity index (χ4n) is 3.22. The number of aryl methyl sites for hydroxylation is 1. The third-order valence-electron chi connectivity index (χ3n) is 4.96. The third kappa shape index (κ3) is 6.48. The van der Waals surface area contributed by atoms with E-state index in [9.17, 15) is 13.2 Å². The average molecular weight is 473 g/mol. The van der Waals surface area contributed by atoms with Crippen LogP contribution in [0.2, 0.25) is 0 Å². The number of benzene rings is 2. The van der Waals surface area contributed by atoms with E-state index in [1.807, 2.05) is 70.2 Å². The smallest absolute Gasteiger partial charge is 0.269 e. The van der Waals surface area contributed by atoms with Gasteiger partial charge in [0.15, 0.2) is 0 Å². The van der Waals surface area contributed by atoms with Crippen molar-refractivity contribution >= 4 is 27.4 Å². The van der Waals surface area contributed by atoms with Gasteiger partial charge < -0.3 is 5.32 Å². The fraction of sp³-hybridized carbons (Fsp3) is 0.333. The molecule has 170 valence electrons. The van der Waals surface area contributed by atoms with E-state index in [1.165, 1.54) is 0 Å². The van der Waals surface area contributed by atoms with E-state index in [0.29, 0.717) is 12.0 Å². The molecule has 0 bridgehead atoms. The van der Waals surface area contributed by atoms with Crippen molar-refractivity contribution in [1.82, 2.24) is 10.3 Å². The maximum atomic E-state index is 12.8. The molecule has 0 unspecified atom stereocenters. The van der Waals surface area contributed by atoms with Crippen LogP contribution < -0.4 is 5.32 Å². The Hall–Kier alpha value is -2.55. The number of carbonyl (C=O) groups excluding carboxylic acids is 1. The van der Waals surface area contributed by atoms with Crippen LogP contribution in [0.15, 0.2) is 54.6 Å². The van der Waals surface area contributed by atoms with E-state index in [4.69, 9.17) is 9.54 Å². The lowest BCUT2D eigenvalue weighted by atomic mass is 9.94. The lowest BCUT2D eigenvalue weighted by Gasteiger charge is -2.23. The molecular weight excluding hydrogens is 444 g/mol. The Morgan fingerprint density at radius 2 is 1.66 bits per heavy atom. The van der Waals surface area contributed by atoms with Crippen molar-refractivity contribution in [2.24, 2.45) is 5.41 Å². The van der Waals surface area contributed by atoms with Gasteiger partial charge in [-0.2, -0.15) is 8.42 Å². The standard InChI is InChI=1S/C24H28N2O4S2/c1-16-21(19-8-6-5-7-9-19)26-22(31-16)20(25-23(27)24(2,3)4)14-17-10-12-18(13-11-17)15-32(28,29)30/h5-13,20H,14-15H2,1-4H3,(H,25,27)(H,28,29,30)/t20-/m0/s1. The largest absolute Gasteiger partial charge is 0.346 e. The molecule has 0 radical (unpaired) electrons. The van der Waals surface area contributed by atoms with Crippen LogP contribution in [0.25, 0.3) is 11.3 Å². The van der Waals surface area contributed by atoms with Gasteiger partial charge in [0, 0.05) is 15.9 Å². The van der Waals surface area contributed by atoms with Crippen molar-refractivity contribution in [1.29, 1.82) is 0 Å². The summed E-state index contributed by atoms with van der Waals surface area (Å²) in [4.78, 5) is 18.7. The van der Waals surface area contributed by atoms with Gasteiger partial charge in [0.05, 0.1) is 11.7 Å².